The average Bonchev–Trinajstić information content (AvgIpc) is 2.63. The van der Waals surface area contributed by atoms with Gasteiger partial charge in [-0.05, 0) is 34.1 Å². The van der Waals surface area contributed by atoms with Crippen LogP contribution in [0.2, 0.25) is 0 Å². The lowest BCUT2D eigenvalue weighted by molar-refractivity contribution is -0.146. The summed E-state index contributed by atoms with van der Waals surface area (Å²) in [6, 6.07) is -1.56. The Hall–Kier alpha value is -1.79. The lowest BCUT2D eigenvalue weighted by Gasteiger charge is -2.30. The molecule has 0 bridgehead atoms. The van der Waals surface area contributed by atoms with Crippen LogP contribution in [0.15, 0.2) is 0 Å². The molecule has 20 heavy (non-hydrogen) atoms. The molecule has 7 heteroatoms. The molecule has 114 valence electrons. The van der Waals surface area contributed by atoms with E-state index in [2.05, 4.69) is 4.74 Å². The third-order valence-electron chi connectivity index (χ3n) is 3.23. The number of amides is 1. The number of nitrogens with zero attached hydrogens (tertiary/aromatic N) is 1. The normalized spacial score (nSPS) is 26.2. The molecule has 0 radical (unpaired) electrons. The maximum Gasteiger partial charge on any atom is 0.411 e. The molecule has 1 rings (SSSR count). The van der Waals surface area contributed by atoms with Crippen molar-refractivity contribution in [3.8, 4) is 0 Å². The first-order valence-electron chi connectivity index (χ1n) is 6.40. The number of carbonyl (C=O) groups is 3. The zero-order valence-electron chi connectivity index (χ0n) is 12.4. The van der Waals surface area contributed by atoms with Crippen LogP contribution in [0.5, 0.6) is 0 Å². The van der Waals surface area contributed by atoms with Gasteiger partial charge in [-0.3, -0.25) is 9.69 Å². The Morgan fingerprint density at radius 2 is 1.80 bits per heavy atom. The highest BCUT2D eigenvalue weighted by Gasteiger charge is 2.49. The Labute approximate surface area is 117 Å². The molecule has 0 aliphatic carbocycles. The van der Waals surface area contributed by atoms with Crippen molar-refractivity contribution in [3.63, 3.8) is 0 Å². The molecule has 1 N–H and O–H groups in total. The van der Waals surface area contributed by atoms with Crippen molar-refractivity contribution in [2.75, 3.05) is 7.11 Å². The van der Waals surface area contributed by atoms with Crippen LogP contribution in [0.25, 0.3) is 0 Å². The predicted octanol–water partition coefficient (Wildman–Crippen LogP) is 1.26. The molecule has 0 aromatic rings. The fourth-order valence-electron chi connectivity index (χ4n) is 2.29. The van der Waals surface area contributed by atoms with Crippen LogP contribution in [-0.2, 0) is 19.1 Å². The number of methoxy groups -OCH3 is 1. The van der Waals surface area contributed by atoms with Crippen molar-refractivity contribution in [1.29, 1.82) is 0 Å². The van der Waals surface area contributed by atoms with E-state index in [-0.39, 0.29) is 6.42 Å². The largest absolute Gasteiger partial charge is 0.481 e. The molecular formula is C13H21NO6. The van der Waals surface area contributed by atoms with Gasteiger partial charge < -0.3 is 14.6 Å². The number of aliphatic carboxylic acids is 1. The number of hydrogen-bond acceptors (Lipinski definition) is 5. The maximum absolute atomic E-state index is 12.2. The molecule has 0 unspecified atom stereocenters. The SMILES string of the molecule is COC(=O)[C@@H]1C[C@H](C(=O)O)[C@H](C)N1C(=O)OC(C)(C)C. The van der Waals surface area contributed by atoms with Gasteiger partial charge in [-0.25, -0.2) is 9.59 Å². The van der Waals surface area contributed by atoms with Gasteiger partial charge in [0, 0.05) is 6.04 Å². The molecule has 1 amide bonds. The fraction of sp³-hybridized carbons (Fsp3) is 0.769. The van der Waals surface area contributed by atoms with E-state index in [4.69, 9.17) is 9.84 Å². The second-order valence-electron chi connectivity index (χ2n) is 5.85. The van der Waals surface area contributed by atoms with E-state index in [9.17, 15) is 14.4 Å². The summed E-state index contributed by atoms with van der Waals surface area (Å²) in [7, 11) is 1.20. The van der Waals surface area contributed by atoms with E-state index in [1.165, 1.54) is 7.11 Å². The zero-order valence-corrected chi connectivity index (χ0v) is 12.4. The molecule has 3 atom stereocenters. The zero-order chi connectivity index (χ0) is 15.7. The van der Waals surface area contributed by atoms with Gasteiger partial charge in [0.15, 0.2) is 0 Å². The average molecular weight is 287 g/mol. The van der Waals surface area contributed by atoms with Gasteiger partial charge in [0.25, 0.3) is 0 Å². The minimum Gasteiger partial charge on any atom is -0.481 e. The van der Waals surface area contributed by atoms with Gasteiger partial charge in [0.2, 0.25) is 0 Å². The van der Waals surface area contributed by atoms with E-state index in [0.29, 0.717) is 0 Å². The molecule has 1 heterocycles. The molecule has 0 aromatic carbocycles. The summed E-state index contributed by atoms with van der Waals surface area (Å²) in [6.07, 6.45) is -0.674. The molecule has 0 saturated carbocycles. The number of ether oxygens (including phenoxy) is 2. The Kier molecular flexibility index (Phi) is 4.62. The van der Waals surface area contributed by atoms with E-state index in [1.807, 2.05) is 0 Å². The summed E-state index contributed by atoms with van der Waals surface area (Å²) in [6.45, 7) is 6.69. The van der Waals surface area contributed by atoms with Gasteiger partial charge in [-0.2, -0.15) is 0 Å². The van der Waals surface area contributed by atoms with E-state index >= 15 is 0 Å². The molecule has 0 aromatic heterocycles. The molecule has 7 nitrogen and oxygen atoms in total. The number of carboxylic acids is 1. The van der Waals surface area contributed by atoms with Gasteiger partial charge in [-0.15, -0.1) is 0 Å². The monoisotopic (exact) mass is 287 g/mol. The summed E-state index contributed by atoms with van der Waals surface area (Å²) in [5, 5.41) is 9.16. The smallest absolute Gasteiger partial charge is 0.411 e. The van der Waals surface area contributed by atoms with Crippen LogP contribution in [-0.4, -0.2) is 52.8 Å². The predicted molar refractivity (Wildman–Crippen MR) is 69.1 cm³/mol. The quantitative estimate of drug-likeness (QED) is 0.768. The highest BCUT2D eigenvalue weighted by atomic mass is 16.6. The van der Waals surface area contributed by atoms with Crippen LogP contribution in [0.1, 0.15) is 34.1 Å². The molecular weight excluding hydrogens is 266 g/mol. The Bertz CT molecular complexity index is 414. The van der Waals surface area contributed by atoms with Gasteiger partial charge in [0.05, 0.1) is 13.0 Å². The first kappa shape index (κ1) is 16.3. The first-order valence-corrected chi connectivity index (χ1v) is 6.40. The minimum absolute atomic E-state index is 0.0302. The lowest BCUT2D eigenvalue weighted by atomic mass is 10.0. The van der Waals surface area contributed by atoms with E-state index in [0.717, 1.165) is 4.90 Å². The molecule has 0 spiro atoms. The number of carbonyl (C=O) groups excluding carboxylic acids is 2. The van der Waals surface area contributed by atoms with Gasteiger partial charge in [0.1, 0.15) is 11.6 Å². The summed E-state index contributed by atoms with van der Waals surface area (Å²) in [4.78, 5) is 36.3. The Morgan fingerprint density at radius 3 is 2.20 bits per heavy atom. The van der Waals surface area contributed by atoms with Crippen molar-refractivity contribution in [2.45, 2.75) is 51.8 Å². The third-order valence-corrected chi connectivity index (χ3v) is 3.23. The van der Waals surface area contributed by atoms with Crippen LogP contribution in [0, 0.1) is 5.92 Å². The molecule has 1 fully saturated rings. The van der Waals surface area contributed by atoms with Crippen molar-refractivity contribution < 1.29 is 29.0 Å². The topological polar surface area (TPSA) is 93.1 Å². The summed E-state index contributed by atoms with van der Waals surface area (Å²) in [5.41, 5.74) is -0.723. The maximum atomic E-state index is 12.2. The van der Waals surface area contributed by atoms with Crippen LogP contribution in [0.4, 0.5) is 4.79 Å². The lowest BCUT2D eigenvalue weighted by Crippen LogP contribution is -2.47. The first-order chi connectivity index (χ1) is 9.08. The number of likely N-dealkylation sites (tertiary alicyclic amines) is 1. The van der Waals surface area contributed by atoms with E-state index < -0.39 is 41.6 Å². The fourth-order valence-corrected chi connectivity index (χ4v) is 2.29. The molecule has 1 saturated heterocycles. The van der Waals surface area contributed by atoms with Gasteiger partial charge >= 0.3 is 18.0 Å². The third kappa shape index (κ3) is 3.40. The van der Waals surface area contributed by atoms with Crippen LogP contribution in [0.3, 0.4) is 0 Å². The van der Waals surface area contributed by atoms with Crippen LogP contribution < -0.4 is 0 Å². The summed E-state index contributed by atoms with van der Waals surface area (Å²) in [5.74, 6) is -2.49. The highest BCUT2D eigenvalue weighted by molar-refractivity contribution is 5.85. The standard InChI is InChI=1S/C13H21NO6/c1-7-8(10(15)16)6-9(11(17)19-5)14(7)12(18)20-13(2,3)4/h7-9H,6H2,1-5H3,(H,15,16)/t7-,8-,9-/m0/s1. The minimum atomic E-state index is -1.04. The summed E-state index contributed by atoms with van der Waals surface area (Å²) < 4.78 is 9.87. The van der Waals surface area contributed by atoms with Crippen molar-refractivity contribution in [3.05, 3.63) is 0 Å². The summed E-state index contributed by atoms with van der Waals surface area (Å²) >= 11 is 0. The van der Waals surface area contributed by atoms with Crippen LogP contribution >= 0.6 is 0 Å². The highest BCUT2D eigenvalue weighted by Crippen LogP contribution is 2.32. The Morgan fingerprint density at radius 1 is 1.25 bits per heavy atom. The van der Waals surface area contributed by atoms with Crippen molar-refractivity contribution in [1.82, 2.24) is 4.90 Å². The van der Waals surface area contributed by atoms with Crippen molar-refractivity contribution in [2.24, 2.45) is 5.92 Å². The Balaban J connectivity index is 3.01. The molecule has 1 aliphatic heterocycles. The number of esters is 1. The number of carboxylic acid groups (broad SMARTS) is 1. The van der Waals surface area contributed by atoms with Crippen molar-refractivity contribution >= 4 is 18.0 Å². The number of rotatable bonds is 2. The number of hydrogen-bond donors (Lipinski definition) is 1. The second kappa shape index (κ2) is 5.68. The molecule has 1 aliphatic rings. The van der Waals surface area contributed by atoms with E-state index in [1.54, 1.807) is 27.7 Å². The second-order valence-corrected chi connectivity index (χ2v) is 5.85. The van der Waals surface area contributed by atoms with Gasteiger partial charge in [-0.1, -0.05) is 0 Å².